The molecule has 1 unspecified atom stereocenters. The molecule has 0 amide bonds. The van der Waals surface area contributed by atoms with Gasteiger partial charge in [0.25, 0.3) is 0 Å². The van der Waals surface area contributed by atoms with Gasteiger partial charge in [-0.3, -0.25) is 4.79 Å². The number of carbonyl (C=O) groups is 1. The number of hydrogen-bond acceptors (Lipinski definition) is 5. The first-order valence-electron chi connectivity index (χ1n) is 28.6. The molecule has 0 aliphatic heterocycles. The maximum Gasteiger partial charge on any atom is 0.321 e. The van der Waals surface area contributed by atoms with Crippen LogP contribution in [0, 0.1) is 0 Å². The highest BCUT2D eigenvalue weighted by Gasteiger charge is 2.29. The molecule has 0 aromatic heterocycles. The van der Waals surface area contributed by atoms with E-state index in [1.807, 2.05) is 0 Å². The predicted octanol–water partition coefficient (Wildman–Crippen LogP) is 19.1. The monoisotopic (exact) mass is 910 g/mol. The number of nitrogens with one attached hydrogen (secondary N) is 1. The zero-order chi connectivity index (χ0) is 45.1. The molecular weight excluding hydrogens is 795 g/mol. The summed E-state index contributed by atoms with van der Waals surface area (Å²) < 4.78 is 13.1. The van der Waals surface area contributed by atoms with Crippen molar-refractivity contribution < 1.29 is 13.6 Å². The summed E-state index contributed by atoms with van der Waals surface area (Å²) in [6.07, 6.45) is 61.1. The van der Waals surface area contributed by atoms with Gasteiger partial charge in [-0.2, -0.15) is 0 Å². The molecule has 0 rings (SSSR count). The van der Waals surface area contributed by atoms with Crippen LogP contribution < -0.4 is 5.32 Å². The lowest BCUT2D eigenvalue weighted by Gasteiger charge is -2.35. The van der Waals surface area contributed by atoms with Gasteiger partial charge in [0.05, 0.1) is 6.61 Å². The van der Waals surface area contributed by atoms with Crippen LogP contribution in [0.25, 0.3) is 0 Å². The van der Waals surface area contributed by atoms with Crippen molar-refractivity contribution in [2.75, 3.05) is 26.0 Å². The Morgan fingerprint density at radius 1 is 0.419 bits per heavy atom. The smallest absolute Gasteiger partial charge is 0.321 e. The van der Waals surface area contributed by atoms with Gasteiger partial charge >= 0.3 is 9.28 Å². The second-order valence-electron chi connectivity index (χ2n) is 19.8. The topological polar surface area (TPSA) is 47.6 Å². The first-order chi connectivity index (χ1) is 30.6. The van der Waals surface area contributed by atoms with Crippen molar-refractivity contribution in [1.29, 1.82) is 0 Å². The maximum absolute atomic E-state index is 12.7. The van der Waals surface area contributed by atoms with Crippen LogP contribution in [0.4, 0.5) is 0 Å². The molecule has 0 fully saturated rings. The van der Waals surface area contributed by atoms with Crippen molar-refractivity contribution in [3.63, 3.8) is 0 Å². The third-order valence-corrected chi connectivity index (χ3v) is 16.9. The minimum atomic E-state index is -1.78. The summed E-state index contributed by atoms with van der Waals surface area (Å²) in [7, 11) is 0.406. The number of likely N-dealkylation sites (N-methyl/N-ethyl adjacent to an activating group) is 1. The average molecular weight is 911 g/mol. The van der Waals surface area contributed by atoms with Gasteiger partial charge in [-0.25, -0.2) is 0 Å². The highest BCUT2D eigenvalue weighted by Crippen LogP contribution is 2.26. The maximum atomic E-state index is 12.7. The minimum Gasteiger partial charge on any atom is -0.397 e. The zero-order valence-electron chi connectivity index (χ0n) is 43.4. The molecule has 1 N–H and O–H groups in total. The molecule has 0 bridgehead atoms. The number of thioether (sulfide) groups is 1. The molecular formula is C56H115NO3SSi. The predicted molar refractivity (Wildman–Crippen MR) is 284 cm³/mol. The molecule has 0 spiro atoms. The summed E-state index contributed by atoms with van der Waals surface area (Å²) in [6, 6.07) is 1.00. The summed E-state index contributed by atoms with van der Waals surface area (Å²) in [6.45, 7) is 10.5. The molecule has 0 aromatic rings. The highest BCUT2D eigenvalue weighted by molar-refractivity contribution is 8.13. The van der Waals surface area contributed by atoms with E-state index in [2.05, 4.69) is 40.1 Å². The molecule has 6 heteroatoms. The summed E-state index contributed by atoms with van der Waals surface area (Å²) in [5.74, 6) is 0.909. The third kappa shape index (κ3) is 45.3. The van der Waals surface area contributed by atoms with Crippen molar-refractivity contribution in [3.05, 3.63) is 0 Å². The molecule has 0 saturated heterocycles. The van der Waals surface area contributed by atoms with Gasteiger partial charge in [0.2, 0.25) is 0 Å². The van der Waals surface area contributed by atoms with E-state index in [1.54, 1.807) is 11.8 Å². The van der Waals surface area contributed by atoms with Crippen LogP contribution in [0.2, 0.25) is 6.04 Å². The van der Waals surface area contributed by atoms with Crippen LogP contribution in [0.15, 0.2) is 0 Å². The number of rotatable bonds is 54. The Labute approximate surface area is 397 Å². The minimum absolute atomic E-state index is 0.0508. The van der Waals surface area contributed by atoms with Gasteiger partial charge in [0, 0.05) is 24.3 Å². The van der Waals surface area contributed by atoms with Crippen LogP contribution in [-0.2, 0) is 13.6 Å². The standard InChI is InChI=1S/C56H115NO3SSi/c1-6-10-13-16-19-22-25-28-31-34-37-40-43-46-50-56(57-5,51-47-44-41-38-35-32-29-26-23-20-17-14-11-7-2)54-60-62(59-9-4)53-48-52-61-55(58)49-45-42-39-36-33-30-27-24-21-18-15-12-8-3/h57,62H,6-54H2,1-5H3. The fourth-order valence-corrected chi connectivity index (χ4v) is 12.3. The van der Waals surface area contributed by atoms with E-state index < -0.39 is 9.28 Å². The molecule has 0 aliphatic carbocycles. The van der Waals surface area contributed by atoms with Gasteiger partial charge in [-0.1, -0.05) is 289 Å². The van der Waals surface area contributed by atoms with Crippen LogP contribution in [0.5, 0.6) is 0 Å². The van der Waals surface area contributed by atoms with E-state index in [4.69, 9.17) is 8.85 Å². The Bertz CT molecular complexity index is 829. The summed E-state index contributed by atoms with van der Waals surface area (Å²) >= 11 is 1.56. The third-order valence-electron chi connectivity index (χ3n) is 13.8. The van der Waals surface area contributed by atoms with Crippen molar-refractivity contribution >= 4 is 26.2 Å². The van der Waals surface area contributed by atoms with Gasteiger partial charge in [-0.15, -0.1) is 0 Å². The van der Waals surface area contributed by atoms with Crippen LogP contribution in [0.3, 0.4) is 0 Å². The normalized spacial score (nSPS) is 12.5. The fraction of sp³-hybridized carbons (Fsp3) is 0.982. The molecule has 0 aromatic carbocycles. The van der Waals surface area contributed by atoms with Crippen LogP contribution in [0.1, 0.15) is 317 Å². The number of carbonyl (C=O) groups excluding carboxylic acids is 1. The SMILES string of the molecule is CCCCCCCCCCCCCCCCC(CCCCCCCCCCCCCCCC)(CO[SiH](CCCSC(=O)CCCCCCCCCCCCCCC)OCC)NC. The second kappa shape index (κ2) is 52.1. The lowest BCUT2D eigenvalue weighted by Crippen LogP contribution is -2.49. The second-order valence-corrected chi connectivity index (χ2v) is 23.0. The lowest BCUT2D eigenvalue weighted by atomic mass is 9.87. The molecule has 0 saturated carbocycles. The van der Waals surface area contributed by atoms with E-state index in [9.17, 15) is 4.79 Å². The Hall–Kier alpha value is 0.117. The van der Waals surface area contributed by atoms with E-state index in [0.717, 1.165) is 44.3 Å². The highest BCUT2D eigenvalue weighted by atomic mass is 32.2. The molecule has 62 heavy (non-hydrogen) atoms. The number of hydrogen-bond donors (Lipinski definition) is 1. The lowest BCUT2D eigenvalue weighted by molar-refractivity contribution is -0.111. The summed E-state index contributed by atoms with van der Waals surface area (Å²) in [5, 5.41) is 4.22. The van der Waals surface area contributed by atoms with E-state index in [0.29, 0.717) is 5.12 Å². The molecule has 0 aliphatic rings. The zero-order valence-corrected chi connectivity index (χ0v) is 45.3. The van der Waals surface area contributed by atoms with E-state index in [1.165, 1.54) is 270 Å². The Kier molecular flexibility index (Phi) is 52.2. The molecule has 372 valence electrons. The molecule has 1 atom stereocenters. The Balaban J connectivity index is 4.55. The Morgan fingerprint density at radius 3 is 1.03 bits per heavy atom. The molecule has 0 radical (unpaired) electrons. The van der Waals surface area contributed by atoms with Gasteiger partial charge in [0.1, 0.15) is 0 Å². The average Bonchev–Trinajstić information content (AvgIpc) is 3.28. The van der Waals surface area contributed by atoms with E-state index >= 15 is 0 Å². The summed E-state index contributed by atoms with van der Waals surface area (Å²) in [4.78, 5) is 12.7. The van der Waals surface area contributed by atoms with Crippen molar-refractivity contribution in [1.82, 2.24) is 5.32 Å². The first-order valence-corrected chi connectivity index (χ1v) is 31.4. The Morgan fingerprint density at radius 2 is 0.726 bits per heavy atom. The fourth-order valence-electron chi connectivity index (χ4n) is 9.36. The largest absolute Gasteiger partial charge is 0.397 e. The van der Waals surface area contributed by atoms with Crippen molar-refractivity contribution in [3.8, 4) is 0 Å². The first kappa shape index (κ1) is 62.1. The molecule has 0 heterocycles. The van der Waals surface area contributed by atoms with Crippen LogP contribution >= 0.6 is 11.8 Å². The molecule has 4 nitrogen and oxygen atoms in total. The number of unbranched alkanes of at least 4 members (excludes halogenated alkanes) is 38. The van der Waals surface area contributed by atoms with Crippen LogP contribution in [-0.4, -0.2) is 46.0 Å². The summed E-state index contributed by atoms with van der Waals surface area (Å²) in [5.41, 5.74) is 0.0508. The quantitative estimate of drug-likeness (QED) is 0.0487. The van der Waals surface area contributed by atoms with E-state index in [-0.39, 0.29) is 5.54 Å². The van der Waals surface area contributed by atoms with Crippen molar-refractivity contribution in [2.45, 2.75) is 328 Å². The van der Waals surface area contributed by atoms with Gasteiger partial charge < -0.3 is 14.2 Å². The van der Waals surface area contributed by atoms with Crippen molar-refractivity contribution in [2.24, 2.45) is 0 Å². The van der Waals surface area contributed by atoms with Gasteiger partial charge in [0.15, 0.2) is 5.12 Å². The van der Waals surface area contributed by atoms with Gasteiger partial charge in [-0.05, 0) is 45.7 Å².